The number of thioether (sulfide) groups is 1. The average Bonchev–Trinajstić information content (AvgIpc) is 2.04. The minimum Gasteiger partial charge on any atom is -0.468 e. The highest BCUT2D eigenvalue weighted by molar-refractivity contribution is 7.99. The van der Waals surface area contributed by atoms with Gasteiger partial charge < -0.3 is 4.74 Å². The second-order valence-corrected chi connectivity index (χ2v) is 3.52. The van der Waals surface area contributed by atoms with Crippen LogP contribution in [-0.2, 0) is 14.3 Å². The monoisotopic (exact) mass is 174 g/mol. The Bertz CT molecular complexity index is 171. The molecule has 0 amide bonds. The lowest BCUT2D eigenvalue weighted by atomic mass is 10.0. The number of Topliss-reactive ketones (excluding diaryl/α,β-unsaturated/α-hetero) is 1. The van der Waals surface area contributed by atoms with Gasteiger partial charge in [-0.15, -0.1) is 0 Å². The van der Waals surface area contributed by atoms with Crippen LogP contribution >= 0.6 is 11.8 Å². The van der Waals surface area contributed by atoms with Gasteiger partial charge in [-0.1, -0.05) is 0 Å². The van der Waals surface area contributed by atoms with Crippen molar-refractivity contribution < 1.29 is 14.3 Å². The lowest BCUT2D eigenvalue weighted by Gasteiger charge is -2.17. The Hall–Kier alpha value is -0.510. The molecule has 1 aliphatic heterocycles. The lowest BCUT2D eigenvalue weighted by molar-refractivity contribution is -0.148. The third-order valence-corrected chi connectivity index (χ3v) is 2.71. The standard InChI is InChI=1S/C7H10O3S/c1-10-7(9)5-4-11-3-2-6(5)8/h5H,2-4H2,1H3/t5-/m0/s1. The Morgan fingerprint density at radius 3 is 3.00 bits per heavy atom. The molecular formula is C7H10O3S. The summed E-state index contributed by atoms with van der Waals surface area (Å²) < 4.78 is 4.49. The van der Waals surface area contributed by atoms with Crippen LogP contribution in [0.25, 0.3) is 0 Å². The third kappa shape index (κ3) is 1.96. The molecule has 3 nitrogen and oxygen atoms in total. The van der Waals surface area contributed by atoms with Gasteiger partial charge in [0.05, 0.1) is 7.11 Å². The maximum atomic E-state index is 11.1. The molecule has 0 unspecified atom stereocenters. The predicted molar refractivity (Wildman–Crippen MR) is 42.5 cm³/mol. The van der Waals surface area contributed by atoms with Crippen LogP contribution in [0.1, 0.15) is 6.42 Å². The first-order chi connectivity index (χ1) is 5.25. The SMILES string of the molecule is COC(=O)[C@H]1CSCCC1=O. The van der Waals surface area contributed by atoms with Crippen LogP contribution < -0.4 is 0 Å². The predicted octanol–water partition coefficient (Wildman–Crippen LogP) is 0.482. The van der Waals surface area contributed by atoms with E-state index < -0.39 is 5.92 Å². The zero-order valence-electron chi connectivity index (χ0n) is 6.33. The lowest BCUT2D eigenvalue weighted by Crippen LogP contribution is -2.30. The summed E-state index contributed by atoms with van der Waals surface area (Å²) in [7, 11) is 1.31. The fourth-order valence-electron chi connectivity index (χ4n) is 0.983. The summed E-state index contributed by atoms with van der Waals surface area (Å²) in [6.45, 7) is 0. The molecule has 0 aromatic heterocycles. The molecule has 0 aromatic carbocycles. The van der Waals surface area contributed by atoms with Crippen molar-refractivity contribution in [1.29, 1.82) is 0 Å². The highest BCUT2D eigenvalue weighted by Crippen LogP contribution is 2.20. The Labute approximate surface area is 69.5 Å². The van der Waals surface area contributed by atoms with Crippen LogP contribution in [-0.4, -0.2) is 30.4 Å². The molecule has 0 bridgehead atoms. The van der Waals surface area contributed by atoms with Gasteiger partial charge in [-0.2, -0.15) is 11.8 Å². The van der Waals surface area contributed by atoms with Crippen molar-refractivity contribution in [3.63, 3.8) is 0 Å². The summed E-state index contributed by atoms with van der Waals surface area (Å²) in [4.78, 5) is 22.0. The first kappa shape index (κ1) is 8.59. The molecule has 0 saturated carbocycles. The third-order valence-electron chi connectivity index (χ3n) is 1.65. The number of ketones is 1. The zero-order valence-corrected chi connectivity index (χ0v) is 7.15. The van der Waals surface area contributed by atoms with Crippen LogP contribution in [0.2, 0.25) is 0 Å². The largest absolute Gasteiger partial charge is 0.468 e. The molecule has 1 fully saturated rings. The van der Waals surface area contributed by atoms with Crippen molar-refractivity contribution >= 4 is 23.5 Å². The molecule has 0 aliphatic carbocycles. The van der Waals surface area contributed by atoms with Crippen molar-refractivity contribution in [2.45, 2.75) is 6.42 Å². The van der Waals surface area contributed by atoms with Crippen LogP contribution in [0.4, 0.5) is 0 Å². The van der Waals surface area contributed by atoms with Gasteiger partial charge >= 0.3 is 5.97 Å². The zero-order chi connectivity index (χ0) is 8.27. The summed E-state index contributed by atoms with van der Waals surface area (Å²) in [5.41, 5.74) is 0. The fourth-order valence-corrected chi connectivity index (χ4v) is 2.05. The normalized spacial score (nSPS) is 24.8. The first-order valence-corrected chi connectivity index (χ1v) is 4.59. The number of carbonyl (C=O) groups is 2. The molecule has 1 aliphatic rings. The number of rotatable bonds is 1. The van der Waals surface area contributed by atoms with Gasteiger partial charge in [0, 0.05) is 17.9 Å². The maximum absolute atomic E-state index is 11.1. The highest BCUT2D eigenvalue weighted by Gasteiger charge is 2.29. The van der Waals surface area contributed by atoms with Crippen molar-refractivity contribution in [2.24, 2.45) is 5.92 Å². The summed E-state index contributed by atoms with van der Waals surface area (Å²) >= 11 is 1.63. The highest BCUT2D eigenvalue weighted by atomic mass is 32.2. The van der Waals surface area contributed by atoms with E-state index in [0.717, 1.165) is 5.75 Å². The molecule has 11 heavy (non-hydrogen) atoms. The van der Waals surface area contributed by atoms with E-state index >= 15 is 0 Å². The van der Waals surface area contributed by atoms with Gasteiger partial charge in [-0.25, -0.2) is 0 Å². The molecule has 1 rings (SSSR count). The van der Waals surface area contributed by atoms with E-state index in [9.17, 15) is 9.59 Å². The Balaban J connectivity index is 2.54. The summed E-state index contributed by atoms with van der Waals surface area (Å²) in [5, 5.41) is 0. The van der Waals surface area contributed by atoms with Gasteiger partial charge in [0.2, 0.25) is 0 Å². The summed E-state index contributed by atoms with van der Waals surface area (Å²) in [5.74, 6) is 0.564. The van der Waals surface area contributed by atoms with Crippen LogP contribution in [0.15, 0.2) is 0 Å². The molecule has 0 N–H and O–H groups in total. The van der Waals surface area contributed by atoms with Crippen molar-refractivity contribution in [1.82, 2.24) is 0 Å². The number of ether oxygens (including phenoxy) is 1. The fraction of sp³-hybridized carbons (Fsp3) is 0.714. The second-order valence-electron chi connectivity index (χ2n) is 2.37. The van der Waals surface area contributed by atoms with Crippen LogP contribution in [0.3, 0.4) is 0 Å². The second kappa shape index (κ2) is 3.76. The van der Waals surface area contributed by atoms with Crippen molar-refractivity contribution in [3.8, 4) is 0 Å². The van der Waals surface area contributed by atoms with Crippen LogP contribution in [0, 0.1) is 5.92 Å². The van der Waals surface area contributed by atoms with E-state index in [1.54, 1.807) is 11.8 Å². The molecule has 1 heterocycles. The van der Waals surface area contributed by atoms with E-state index in [0.29, 0.717) is 12.2 Å². The number of esters is 1. The van der Waals surface area contributed by atoms with Crippen molar-refractivity contribution in [3.05, 3.63) is 0 Å². The average molecular weight is 174 g/mol. The molecule has 0 radical (unpaired) electrons. The van der Waals surface area contributed by atoms with Gasteiger partial charge in [0.25, 0.3) is 0 Å². The van der Waals surface area contributed by atoms with Crippen molar-refractivity contribution in [2.75, 3.05) is 18.6 Å². The van der Waals surface area contributed by atoms with E-state index in [4.69, 9.17) is 0 Å². The quantitative estimate of drug-likeness (QED) is 0.428. The van der Waals surface area contributed by atoms with Gasteiger partial charge in [-0.3, -0.25) is 9.59 Å². The van der Waals surface area contributed by atoms with E-state index in [-0.39, 0.29) is 11.8 Å². The smallest absolute Gasteiger partial charge is 0.317 e. The molecule has 0 spiro atoms. The molecule has 0 aromatic rings. The maximum Gasteiger partial charge on any atom is 0.317 e. The van der Waals surface area contributed by atoms with Gasteiger partial charge in [0.15, 0.2) is 0 Å². The van der Waals surface area contributed by atoms with Gasteiger partial charge in [-0.05, 0) is 0 Å². The summed E-state index contributed by atoms with van der Waals surface area (Å²) in [6.07, 6.45) is 0.504. The Morgan fingerprint density at radius 2 is 2.45 bits per heavy atom. The van der Waals surface area contributed by atoms with E-state index in [1.807, 2.05) is 0 Å². The van der Waals surface area contributed by atoms with Gasteiger partial charge in [0.1, 0.15) is 11.7 Å². The molecule has 1 atom stereocenters. The minimum atomic E-state index is -0.501. The summed E-state index contributed by atoms with van der Waals surface area (Å²) in [6, 6.07) is 0. The number of methoxy groups -OCH3 is 1. The number of carbonyl (C=O) groups excluding carboxylic acids is 2. The molecule has 62 valence electrons. The Morgan fingerprint density at radius 1 is 1.73 bits per heavy atom. The number of hydrogen-bond acceptors (Lipinski definition) is 4. The first-order valence-electron chi connectivity index (χ1n) is 3.44. The Kier molecular flexibility index (Phi) is 2.93. The molecular weight excluding hydrogens is 164 g/mol. The van der Waals surface area contributed by atoms with E-state index in [2.05, 4.69) is 4.74 Å². The minimum absolute atomic E-state index is 0.0237. The van der Waals surface area contributed by atoms with E-state index in [1.165, 1.54) is 7.11 Å². The molecule has 1 saturated heterocycles. The van der Waals surface area contributed by atoms with Crippen LogP contribution in [0.5, 0.6) is 0 Å². The topological polar surface area (TPSA) is 43.4 Å². The number of hydrogen-bond donors (Lipinski definition) is 0. The molecule has 4 heteroatoms.